The van der Waals surface area contributed by atoms with Crippen LogP contribution in [0, 0.1) is 0 Å². The van der Waals surface area contributed by atoms with Crippen LogP contribution in [0.1, 0.15) is 18.4 Å². The standard InChI is InChI=1S/C13H15NO4/c15-11-4-2-1-3-9(11)7-12-14-10(8-18-12)5-6-13(16)17/h1-4,10,15H,5-8H2,(H,16,17). The number of aliphatic imine (C=N–C) groups is 1. The normalized spacial score (nSPS) is 18.2. The van der Waals surface area contributed by atoms with Gasteiger partial charge in [-0.3, -0.25) is 4.79 Å². The molecule has 0 amide bonds. The highest BCUT2D eigenvalue weighted by Crippen LogP contribution is 2.19. The molecule has 1 heterocycles. The number of nitrogens with zero attached hydrogens (tertiary/aromatic N) is 1. The lowest BCUT2D eigenvalue weighted by atomic mass is 10.1. The molecule has 5 nitrogen and oxygen atoms in total. The first kappa shape index (κ1) is 12.4. The number of rotatable bonds is 5. The first-order valence-electron chi connectivity index (χ1n) is 5.83. The molecule has 0 spiro atoms. The van der Waals surface area contributed by atoms with Gasteiger partial charge in [0.25, 0.3) is 0 Å². The number of hydrogen-bond donors (Lipinski definition) is 2. The summed E-state index contributed by atoms with van der Waals surface area (Å²) >= 11 is 0. The fraction of sp³-hybridized carbons (Fsp3) is 0.385. The van der Waals surface area contributed by atoms with Crippen molar-refractivity contribution in [3.8, 4) is 5.75 Å². The fourth-order valence-corrected chi connectivity index (χ4v) is 1.83. The SMILES string of the molecule is O=C(O)CCC1COC(Cc2ccccc2O)=N1. The van der Waals surface area contributed by atoms with Crippen molar-refractivity contribution in [2.45, 2.75) is 25.3 Å². The molecule has 1 aromatic rings. The average Bonchev–Trinajstić information content (AvgIpc) is 2.77. The first-order chi connectivity index (χ1) is 8.65. The topological polar surface area (TPSA) is 79.1 Å². The van der Waals surface area contributed by atoms with Gasteiger partial charge >= 0.3 is 5.97 Å². The lowest BCUT2D eigenvalue weighted by molar-refractivity contribution is -0.137. The largest absolute Gasteiger partial charge is 0.508 e. The zero-order chi connectivity index (χ0) is 13.0. The van der Waals surface area contributed by atoms with E-state index in [1.807, 2.05) is 12.1 Å². The zero-order valence-corrected chi connectivity index (χ0v) is 9.87. The third-order valence-corrected chi connectivity index (χ3v) is 2.79. The average molecular weight is 249 g/mol. The van der Waals surface area contributed by atoms with Gasteiger partial charge in [-0.05, 0) is 12.5 Å². The number of carboxylic acid groups (broad SMARTS) is 1. The van der Waals surface area contributed by atoms with Crippen LogP contribution in [0.5, 0.6) is 5.75 Å². The summed E-state index contributed by atoms with van der Waals surface area (Å²) in [5, 5.41) is 18.2. The minimum atomic E-state index is -0.820. The molecule has 0 bridgehead atoms. The second-order valence-corrected chi connectivity index (χ2v) is 4.23. The van der Waals surface area contributed by atoms with E-state index in [2.05, 4.69) is 4.99 Å². The van der Waals surface area contributed by atoms with Crippen LogP contribution in [-0.2, 0) is 16.0 Å². The molecule has 2 rings (SSSR count). The molecule has 5 heteroatoms. The van der Waals surface area contributed by atoms with E-state index in [0.29, 0.717) is 25.3 Å². The number of phenolic OH excluding ortho intramolecular Hbond substituents is 1. The van der Waals surface area contributed by atoms with Crippen LogP contribution < -0.4 is 0 Å². The Morgan fingerprint density at radius 3 is 2.94 bits per heavy atom. The smallest absolute Gasteiger partial charge is 0.303 e. The zero-order valence-electron chi connectivity index (χ0n) is 9.87. The summed E-state index contributed by atoms with van der Waals surface area (Å²) in [6, 6.07) is 6.94. The van der Waals surface area contributed by atoms with Crippen molar-refractivity contribution in [3.63, 3.8) is 0 Å². The van der Waals surface area contributed by atoms with Gasteiger partial charge in [0, 0.05) is 12.0 Å². The highest BCUT2D eigenvalue weighted by atomic mass is 16.5. The third-order valence-electron chi connectivity index (χ3n) is 2.79. The molecule has 1 unspecified atom stereocenters. The lowest BCUT2D eigenvalue weighted by Gasteiger charge is -2.03. The van der Waals surface area contributed by atoms with E-state index in [4.69, 9.17) is 9.84 Å². The number of para-hydroxylation sites is 1. The second kappa shape index (κ2) is 5.53. The Labute approximate surface area is 105 Å². The van der Waals surface area contributed by atoms with Gasteiger partial charge in [-0.1, -0.05) is 18.2 Å². The molecule has 0 radical (unpaired) electrons. The number of carboxylic acids is 1. The molecule has 1 aliphatic rings. The molecular weight excluding hydrogens is 234 g/mol. The number of benzene rings is 1. The maximum atomic E-state index is 10.5. The van der Waals surface area contributed by atoms with E-state index in [9.17, 15) is 9.90 Å². The van der Waals surface area contributed by atoms with Crippen LogP contribution in [0.4, 0.5) is 0 Å². The van der Waals surface area contributed by atoms with Gasteiger partial charge in [0.15, 0.2) is 5.90 Å². The van der Waals surface area contributed by atoms with Crippen molar-refractivity contribution in [1.82, 2.24) is 0 Å². The minimum absolute atomic E-state index is 0.0815. The van der Waals surface area contributed by atoms with Crippen molar-refractivity contribution >= 4 is 11.9 Å². The number of ether oxygens (including phenoxy) is 1. The number of carbonyl (C=O) groups is 1. The third kappa shape index (κ3) is 3.23. The fourth-order valence-electron chi connectivity index (χ4n) is 1.83. The van der Waals surface area contributed by atoms with Crippen LogP contribution in [0.25, 0.3) is 0 Å². The molecule has 0 aliphatic carbocycles. The lowest BCUT2D eigenvalue weighted by Crippen LogP contribution is -2.09. The van der Waals surface area contributed by atoms with Crippen molar-refractivity contribution in [1.29, 1.82) is 0 Å². The Balaban J connectivity index is 1.93. The van der Waals surface area contributed by atoms with Crippen molar-refractivity contribution in [2.75, 3.05) is 6.61 Å². The Morgan fingerprint density at radius 2 is 2.22 bits per heavy atom. The molecule has 1 aliphatic heterocycles. The summed E-state index contributed by atoms with van der Waals surface area (Å²) in [6.45, 7) is 0.427. The molecule has 0 aromatic heterocycles. The van der Waals surface area contributed by atoms with E-state index >= 15 is 0 Å². The molecule has 1 atom stereocenters. The summed E-state index contributed by atoms with van der Waals surface area (Å²) in [4.78, 5) is 14.8. The van der Waals surface area contributed by atoms with Crippen molar-refractivity contribution < 1.29 is 19.7 Å². The summed E-state index contributed by atoms with van der Waals surface area (Å²) in [6.07, 6.45) is 1.03. The molecule has 2 N–H and O–H groups in total. The van der Waals surface area contributed by atoms with E-state index in [1.165, 1.54) is 0 Å². The van der Waals surface area contributed by atoms with Gasteiger partial charge in [-0.25, -0.2) is 4.99 Å². The molecule has 1 aromatic carbocycles. The summed E-state index contributed by atoms with van der Waals surface area (Å²) in [7, 11) is 0. The predicted octanol–water partition coefficient (Wildman–Crippen LogP) is 1.60. The first-order valence-corrected chi connectivity index (χ1v) is 5.83. The van der Waals surface area contributed by atoms with Crippen molar-refractivity contribution in [2.24, 2.45) is 4.99 Å². The maximum absolute atomic E-state index is 10.5. The minimum Gasteiger partial charge on any atom is -0.508 e. The van der Waals surface area contributed by atoms with Gasteiger partial charge in [-0.2, -0.15) is 0 Å². The van der Waals surface area contributed by atoms with Gasteiger partial charge in [-0.15, -0.1) is 0 Å². The number of hydrogen-bond acceptors (Lipinski definition) is 4. The van der Waals surface area contributed by atoms with E-state index in [1.54, 1.807) is 12.1 Å². The molecule has 0 fully saturated rings. The Bertz CT molecular complexity index is 470. The quantitative estimate of drug-likeness (QED) is 0.830. The highest BCUT2D eigenvalue weighted by Gasteiger charge is 2.20. The summed E-state index contributed by atoms with van der Waals surface area (Å²) in [5.41, 5.74) is 0.759. The Kier molecular flexibility index (Phi) is 3.82. The number of aromatic hydroxyl groups is 1. The summed E-state index contributed by atoms with van der Waals surface area (Å²) < 4.78 is 5.40. The van der Waals surface area contributed by atoms with Gasteiger partial charge in [0.05, 0.1) is 12.5 Å². The Hall–Kier alpha value is -2.04. The molecule has 0 saturated heterocycles. The van der Waals surface area contributed by atoms with E-state index in [0.717, 1.165) is 5.56 Å². The maximum Gasteiger partial charge on any atom is 0.303 e. The number of phenols is 1. The van der Waals surface area contributed by atoms with Crippen LogP contribution in [0.3, 0.4) is 0 Å². The van der Waals surface area contributed by atoms with Gasteiger partial charge in [0.2, 0.25) is 0 Å². The van der Waals surface area contributed by atoms with Gasteiger partial charge in [0.1, 0.15) is 12.4 Å². The van der Waals surface area contributed by atoms with Crippen LogP contribution in [-0.4, -0.2) is 34.7 Å². The molecule has 96 valence electrons. The summed E-state index contributed by atoms with van der Waals surface area (Å²) in [5.74, 6) is -0.0379. The predicted molar refractivity (Wildman–Crippen MR) is 65.9 cm³/mol. The Morgan fingerprint density at radius 1 is 1.44 bits per heavy atom. The van der Waals surface area contributed by atoms with Crippen LogP contribution in [0.15, 0.2) is 29.3 Å². The van der Waals surface area contributed by atoms with Crippen LogP contribution in [0.2, 0.25) is 0 Å². The highest BCUT2D eigenvalue weighted by molar-refractivity contribution is 5.80. The molecule has 0 saturated carbocycles. The van der Waals surface area contributed by atoms with Crippen LogP contribution >= 0.6 is 0 Å². The number of aliphatic carboxylic acids is 1. The van der Waals surface area contributed by atoms with E-state index in [-0.39, 0.29) is 18.2 Å². The van der Waals surface area contributed by atoms with E-state index < -0.39 is 5.97 Å². The van der Waals surface area contributed by atoms with Crippen molar-refractivity contribution in [3.05, 3.63) is 29.8 Å². The molecular formula is C13H15NO4. The second-order valence-electron chi connectivity index (χ2n) is 4.23. The molecule has 18 heavy (non-hydrogen) atoms. The van der Waals surface area contributed by atoms with Gasteiger partial charge < -0.3 is 14.9 Å². The monoisotopic (exact) mass is 249 g/mol.